The Morgan fingerprint density at radius 1 is 1.64 bits per heavy atom. The number of nitrogens with zero attached hydrogens (tertiary/aromatic N) is 2. The smallest absolute Gasteiger partial charge is 0.145 e. The molecule has 1 N–H and O–H groups in total. The van der Waals surface area contributed by atoms with E-state index in [2.05, 4.69) is 22.3 Å². The van der Waals surface area contributed by atoms with Gasteiger partial charge < -0.3 is 5.32 Å². The van der Waals surface area contributed by atoms with Gasteiger partial charge in [0, 0.05) is 6.20 Å². The lowest BCUT2D eigenvalue weighted by Gasteiger charge is -2.10. The van der Waals surface area contributed by atoms with Crippen LogP contribution in [0.3, 0.4) is 0 Å². The summed E-state index contributed by atoms with van der Waals surface area (Å²) in [7, 11) is 0. The zero-order valence-corrected chi connectivity index (χ0v) is 8.20. The summed E-state index contributed by atoms with van der Waals surface area (Å²) in [6, 6.07) is 3.77. The van der Waals surface area contributed by atoms with Crippen molar-refractivity contribution in [2.75, 3.05) is 5.32 Å². The molecule has 0 saturated heterocycles. The first-order chi connectivity index (χ1) is 6.69. The zero-order chi connectivity index (χ0) is 10.6. The number of terminal acetylenes is 1. The Hall–Kier alpha value is -2.00. The fourth-order valence-corrected chi connectivity index (χ4v) is 1.06. The molecule has 0 spiro atoms. The first-order valence-electron chi connectivity index (χ1n) is 4.27. The van der Waals surface area contributed by atoms with Crippen LogP contribution in [-0.2, 0) is 0 Å². The lowest BCUT2D eigenvalue weighted by atomic mass is 10.1. The van der Waals surface area contributed by atoms with Gasteiger partial charge >= 0.3 is 0 Å². The second-order valence-corrected chi connectivity index (χ2v) is 3.00. The largest absolute Gasteiger partial charge is 0.356 e. The zero-order valence-electron chi connectivity index (χ0n) is 8.20. The molecule has 1 atom stereocenters. The maximum Gasteiger partial charge on any atom is 0.145 e. The summed E-state index contributed by atoms with van der Waals surface area (Å²) < 4.78 is 0. The van der Waals surface area contributed by atoms with Crippen LogP contribution in [0.1, 0.15) is 18.1 Å². The minimum absolute atomic E-state index is 0.128. The van der Waals surface area contributed by atoms with E-state index >= 15 is 0 Å². The van der Waals surface area contributed by atoms with Crippen molar-refractivity contribution in [3.05, 3.63) is 23.4 Å². The molecule has 0 radical (unpaired) electrons. The Labute approximate surface area is 83.8 Å². The minimum Gasteiger partial charge on any atom is -0.356 e. The van der Waals surface area contributed by atoms with Crippen LogP contribution in [0.2, 0.25) is 0 Å². The number of pyridine rings is 1. The van der Waals surface area contributed by atoms with Crippen molar-refractivity contribution in [1.82, 2.24) is 4.98 Å². The molecule has 0 aliphatic heterocycles. The summed E-state index contributed by atoms with van der Waals surface area (Å²) in [4.78, 5) is 4.07. The van der Waals surface area contributed by atoms with Crippen molar-refractivity contribution < 1.29 is 0 Å². The highest BCUT2D eigenvalue weighted by molar-refractivity contribution is 5.56. The number of aryl methyl sites for hydroxylation is 1. The first kappa shape index (κ1) is 10.1. The number of anilines is 1. The third-order valence-electron chi connectivity index (χ3n) is 1.87. The molecule has 1 aromatic heterocycles. The van der Waals surface area contributed by atoms with Crippen molar-refractivity contribution >= 4 is 5.82 Å². The molecule has 3 nitrogen and oxygen atoms in total. The molecule has 0 aliphatic carbocycles. The average Bonchev–Trinajstić information content (AvgIpc) is 2.18. The normalized spacial score (nSPS) is 11.1. The van der Waals surface area contributed by atoms with Crippen LogP contribution in [-0.4, -0.2) is 11.0 Å². The molecule has 1 unspecified atom stereocenters. The van der Waals surface area contributed by atoms with Gasteiger partial charge in [0.25, 0.3) is 0 Å². The standard InChI is InChI=1S/C11H11N3/c1-4-9(3)14-11-10(7-12)8(2)5-6-13-11/h1,5-6,9H,2-3H3,(H,13,14). The fourth-order valence-electron chi connectivity index (χ4n) is 1.06. The summed E-state index contributed by atoms with van der Waals surface area (Å²) in [5.41, 5.74) is 1.45. The third-order valence-corrected chi connectivity index (χ3v) is 1.87. The molecule has 0 bridgehead atoms. The number of aromatic nitrogens is 1. The Balaban J connectivity index is 3.05. The minimum atomic E-state index is -0.128. The van der Waals surface area contributed by atoms with Gasteiger partial charge in [0.1, 0.15) is 11.9 Å². The molecule has 0 fully saturated rings. The Morgan fingerprint density at radius 3 is 2.93 bits per heavy atom. The summed E-state index contributed by atoms with van der Waals surface area (Å²) in [5, 5.41) is 11.9. The van der Waals surface area contributed by atoms with E-state index in [9.17, 15) is 0 Å². The molecule has 0 aromatic carbocycles. The van der Waals surface area contributed by atoms with Crippen LogP contribution < -0.4 is 5.32 Å². The van der Waals surface area contributed by atoms with Gasteiger partial charge in [0.2, 0.25) is 0 Å². The van der Waals surface area contributed by atoms with Crippen LogP contribution in [0.15, 0.2) is 12.3 Å². The molecule has 0 saturated carbocycles. The van der Waals surface area contributed by atoms with Gasteiger partial charge in [-0.1, -0.05) is 5.92 Å². The van der Waals surface area contributed by atoms with E-state index in [4.69, 9.17) is 11.7 Å². The van der Waals surface area contributed by atoms with Crippen LogP contribution in [0.25, 0.3) is 0 Å². The Bertz CT molecular complexity index is 410. The predicted molar refractivity (Wildman–Crippen MR) is 55.6 cm³/mol. The maximum absolute atomic E-state index is 8.90. The van der Waals surface area contributed by atoms with Gasteiger partial charge in [-0.05, 0) is 25.5 Å². The van der Waals surface area contributed by atoms with Crippen LogP contribution >= 0.6 is 0 Å². The highest BCUT2D eigenvalue weighted by atomic mass is 15.0. The molecule has 3 heteroatoms. The number of hydrogen-bond donors (Lipinski definition) is 1. The van der Waals surface area contributed by atoms with Crippen LogP contribution in [0.5, 0.6) is 0 Å². The lowest BCUT2D eigenvalue weighted by Crippen LogP contribution is -2.14. The monoisotopic (exact) mass is 185 g/mol. The van der Waals surface area contributed by atoms with Gasteiger partial charge in [-0.3, -0.25) is 0 Å². The number of nitriles is 1. The third kappa shape index (κ3) is 2.02. The molecular formula is C11H11N3. The fraction of sp³-hybridized carbons (Fsp3) is 0.273. The molecular weight excluding hydrogens is 174 g/mol. The predicted octanol–water partition coefficient (Wildman–Crippen LogP) is 1.70. The Kier molecular flexibility index (Phi) is 3.09. The quantitative estimate of drug-likeness (QED) is 0.713. The second-order valence-electron chi connectivity index (χ2n) is 3.00. The van der Waals surface area contributed by atoms with E-state index in [1.807, 2.05) is 13.8 Å². The molecule has 1 heterocycles. The van der Waals surface area contributed by atoms with Gasteiger partial charge in [-0.2, -0.15) is 5.26 Å². The average molecular weight is 185 g/mol. The number of nitrogens with one attached hydrogen (secondary N) is 1. The topological polar surface area (TPSA) is 48.7 Å². The van der Waals surface area contributed by atoms with Crippen LogP contribution in [0, 0.1) is 30.6 Å². The highest BCUT2D eigenvalue weighted by Crippen LogP contribution is 2.15. The summed E-state index contributed by atoms with van der Waals surface area (Å²) in [5.74, 6) is 3.08. The van der Waals surface area contributed by atoms with E-state index < -0.39 is 0 Å². The summed E-state index contributed by atoms with van der Waals surface area (Å²) in [6.07, 6.45) is 6.88. The lowest BCUT2D eigenvalue weighted by molar-refractivity contribution is 1.01. The van der Waals surface area contributed by atoms with Gasteiger partial charge in [0.05, 0.1) is 11.6 Å². The molecule has 0 aliphatic rings. The second kappa shape index (κ2) is 4.30. The molecule has 1 rings (SSSR count). The maximum atomic E-state index is 8.90. The van der Waals surface area contributed by atoms with E-state index in [-0.39, 0.29) is 6.04 Å². The van der Waals surface area contributed by atoms with Gasteiger partial charge in [0.15, 0.2) is 0 Å². The van der Waals surface area contributed by atoms with Crippen molar-refractivity contribution in [3.8, 4) is 18.4 Å². The van der Waals surface area contributed by atoms with Crippen molar-refractivity contribution in [1.29, 1.82) is 5.26 Å². The summed E-state index contributed by atoms with van der Waals surface area (Å²) >= 11 is 0. The first-order valence-corrected chi connectivity index (χ1v) is 4.27. The van der Waals surface area contributed by atoms with Crippen molar-refractivity contribution in [2.24, 2.45) is 0 Å². The summed E-state index contributed by atoms with van der Waals surface area (Å²) in [6.45, 7) is 3.71. The number of rotatable bonds is 2. The van der Waals surface area contributed by atoms with Gasteiger partial charge in [-0.25, -0.2) is 4.98 Å². The molecule has 70 valence electrons. The molecule has 1 aromatic rings. The SMILES string of the molecule is C#CC(C)Nc1nccc(C)c1C#N. The van der Waals surface area contributed by atoms with E-state index in [0.29, 0.717) is 11.4 Å². The van der Waals surface area contributed by atoms with E-state index in [0.717, 1.165) is 5.56 Å². The van der Waals surface area contributed by atoms with E-state index in [1.54, 1.807) is 12.3 Å². The van der Waals surface area contributed by atoms with Gasteiger partial charge in [-0.15, -0.1) is 6.42 Å². The van der Waals surface area contributed by atoms with Crippen LogP contribution in [0.4, 0.5) is 5.82 Å². The number of hydrogen-bond acceptors (Lipinski definition) is 3. The molecule has 14 heavy (non-hydrogen) atoms. The molecule has 0 amide bonds. The van der Waals surface area contributed by atoms with Crippen molar-refractivity contribution in [3.63, 3.8) is 0 Å². The highest BCUT2D eigenvalue weighted by Gasteiger charge is 2.07. The Morgan fingerprint density at radius 2 is 2.36 bits per heavy atom. The van der Waals surface area contributed by atoms with Crippen molar-refractivity contribution in [2.45, 2.75) is 19.9 Å². The van der Waals surface area contributed by atoms with E-state index in [1.165, 1.54) is 0 Å².